The summed E-state index contributed by atoms with van der Waals surface area (Å²) in [4.78, 5) is 98.1. The van der Waals surface area contributed by atoms with Crippen LogP contribution in [0.15, 0.2) is 24.3 Å². The van der Waals surface area contributed by atoms with Gasteiger partial charge in [-0.1, -0.05) is 54.7 Å². The van der Waals surface area contributed by atoms with E-state index in [1.165, 1.54) is 0 Å². The Morgan fingerprint density at radius 2 is 0.521 bits per heavy atom. The van der Waals surface area contributed by atoms with Gasteiger partial charge in [-0.25, -0.2) is 38.4 Å². The average Bonchev–Trinajstić information content (AvgIpc) is 0.801. The normalized spacial score (nSPS) is 18.3. The van der Waals surface area contributed by atoms with E-state index in [1.54, 1.807) is 13.8 Å². The second kappa shape index (κ2) is 55.2. The number of alkyl carbamates (subject to hydrolysis) is 6. The molecule has 0 heterocycles. The lowest BCUT2D eigenvalue weighted by Crippen LogP contribution is -2.50. The van der Waals surface area contributed by atoms with E-state index < -0.39 is 98.4 Å². The van der Waals surface area contributed by atoms with Crippen molar-refractivity contribution in [2.75, 3.05) is 158 Å². The lowest BCUT2D eigenvalue weighted by Gasteiger charge is -2.46. The van der Waals surface area contributed by atoms with Crippen molar-refractivity contribution < 1.29 is 117 Å². The van der Waals surface area contributed by atoms with Crippen molar-refractivity contribution in [1.82, 2.24) is 31.9 Å². The van der Waals surface area contributed by atoms with E-state index in [4.69, 9.17) is 78.7 Å². The van der Waals surface area contributed by atoms with Crippen LogP contribution in [0.25, 0.3) is 0 Å². The maximum absolute atomic E-state index is 13.0. The molecule has 4 unspecified atom stereocenters. The zero-order valence-corrected chi connectivity index (χ0v) is 81.5. The Morgan fingerprint density at radius 1 is 0.299 bits per heavy atom. The van der Waals surface area contributed by atoms with Crippen LogP contribution in [-0.4, -0.2) is 269 Å². The number of hydrogen-bond acceptors (Lipinski definition) is 25. The molecule has 31 nitrogen and oxygen atoms in total. The standard InChI is InChI=1S/C80H156N6O25Si6/c1-65(2)69(87)101-37-29-81-71(89)103-45-39-95-31-23-51-112(11,12)110-116(19,20)55-27-35-99-43-49-107-75(93)85-67-57-77(5,6)61-79(9,59-67)63-83-73(91)105-47-41-97-33-25-53-114(15,16)109-115(17,18)54-26-34-98-42-48-106-74(92)84-64-80(10)60-68(58-78(7,8)62-80)86-76(94)108-50-44-100-36-28-56-117(21,22)111-113(13,14)52-24-32-96-40-46-104-72(90)82-30-38-102-70(88)66(3)4/h67-68H,1,3,23-64H2,2,4-22H3,(H,81,89)(H,82,90)(H,83,91)(H,84,92)(H,85,93)(H,86,94). The van der Waals surface area contributed by atoms with Crippen LogP contribution in [-0.2, 0) is 88.3 Å². The largest absolute Gasteiger partial charge is 0.460 e. The molecule has 0 aromatic heterocycles. The van der Waals surface area contributed by atoms with Gasteiger partial charge >= 0.3 is 48.5 Å². The lowest BCUT2D eigenvalue weighted by atomic mass is 9.62. The third-order valence-corrected chi connectivity index (χ3v) is 42.2. The second-order valence-electron chi connectivity index (χ2n) is 37.2. The molecule has 6 amide bonds. The number of rotatable bonds is 62. The molecule has 0 saturated heterocycles. The van der Waals surface area contributed by atoms with E-state index in [-0.39, 0.29) is 139 Å². The van der Waals surface area contributed by atoms with E-state index in [2.05, 4.69) is 165 Å². The summed E-state index contributed by atoms with van der Waals surface area (Å²) in [6, 6.07) is 5.35. The van der Waals surface area contributed by atoms with Crippen molar-refractivity contribution >= 4 is 98.4 Å². The van der Waals surface area contributed by atoms with E-state index in [1.807, 2.05) is 0 Å². The summed E-state index contributed by atoms with van der Waals surface area (Å²) in [7, 11) is -11.8. The molecule has 2 aliphatic rings. The van der Waals surface area contributed by atoms with Crippen LogP contribution in [0.3, 0.4) is 0 Å². The molecule has 680 valence electrons. The number of esters is 2. The minimum absolute atomic E-state index is 0.0315. The molecular weight excluding hydrogens is 1610 g/mol. The molecule has 2 fully saturated rings. The summed E-state index contributed by atoms with van der Waals surface area (Å²) in [5.74, 6) is -1.02. The van der Waals surface area contributed by atoms with Crippen LogP contribution in [0.1, 0.15) is 132 Å². The van der Waals surface area contributed by atoms with Crippen molar-refractivity contribution in [2.24, 2.45) is 21.7 Å². The first-order chi connectivity index (χ1) is 54.5. The molecule has 2 saturated carbocycles. The Morgan fingerprint density at radius 3 is 0.752 bits per heavy atom. The smallest absolute Gasteiger partial charge is 0.407 e. The van der Waals surface area contributed by atoms with Gasteiger partial charge in [-0.15, -0.1) is 0 Å². The first-order valence-electron chi connectivity index (χ1n) is 42.3. The van der Waals surface area contributed by atoms with Gasteiger partial charge in [0.25, 0.3) is 0 Å². The quantitative estimate of drug-likeness (QED) is 0.0108. The molecular formula is C80H156N6O25Si6. The molecule has 6 N–H and O–H groups in total. The maximum atomic E-state index is 13.0. The Bertz CT molecular complexity index is 2780. The molecule has 2 rings (SSSR count). The van der Waals surface area contributed by atoms with E-state index in [0.29, 0.717) is 76.7 Å². The third-order valence-electron chi connectivity index (χ3n) is 19.6. The summed E-state index contributed by atoms with van der Waals surface area (Å²) < 4.78 is 97.3. The van der Waals surface area contributed by atoms with E-state index in [9.17, 15) is 38.4 Å². The molecule has 4 atom stereocenters. The first kappa shape index (κ1) is 108. The highest BCUT2D eigenvalue weighted by molar-refractivity contribution is 6.86. The molecule has 37 heteroatoms. The number of nitrogens with one attached hydrogen (secondary N) is 6. The molecule has 0 aliphatic heterocycles. The summed E-state index contributed by atoms with van der Waals surface area (Å²) in [5, 5.41) is 17.1. The minimum Gasteiger partial charge on any atom is -0.460 e. The zero-order chi connectivity index (χ0) is 87.9. The Labute approximate surface area is 707 Å². The molecule has 0 radical (unpaired) electrons. The van der Waals surface area contributed by atoms with Gasteiger partial charge in [0.15, 0.2) is 49.9 Å². The molecule has 0 spiro atoms. The number of amides is 6. The maximum Gasteiger partial charge on any atom is 0.407 e. The fourth-order valence-electron chi connectivity index (χ4n) is 15.7. The Kier molecular flexibility index (Phi) is 51.0. The number of carbonyl (C=O) groups is 8. The Balaban J connectivity index is 1.53. The highest BCUT2D eigenvalue weighted by Gasteiger charge is 2.44. The summed E-state index contributed by atoms with van der Waals surface area (Å²) in [6.07, 6.45) is 6.46. The van der Waals surface area contributed by atoms with E-state index >= 15 is 0 Å². The van der Waals surface area contributed by atoms with Crippen molar-refractivity contribution in [3.05, 3.63) is 24.3 Å². The summed E-state index contributed by atoms with van der Waals surface area (Å²) >= 11 is 0. The van der Waals surface area contributed by atoms with Crippen molar-refractivity contribution in [3.63, 3.8) is 0 Å². The van der Waals surface area contributed by atoms with Crippen LogP contribution in [0.4, 0.5) is 28.8 Å². The summed E-state index contributed by atoms with van der Waals surface area (Å²) in [5.41, 5.74) is -0.174. The van der Waals surface area contributed by atoms with Crippen molar-refractivity contribution in [3.8, 4) is 0 Å². The monoisotopic (exact) mass is 1770 g/mol. The minimum atomic E-state index is -2.00. The predicted molar refractivity (Wildman–Crippen MR) is 467 cm³/mol. The van der Waals surface area contributed by atoms with E-state index in [0.717, 1.165) is 100 Å². The molecule has 117 heavy (non-hydrogen) atoms. The van der Waals surface area contributed by atoms with Crippen LogP contribution < -0.4 is 31.9 Å². The first-order valence-corrected chi connectivity index (χ1v) is 60.9. The molecule has 0 bridgehead atoms. The lowest BCUT2D eigenvalue weighted by molar-refractivity contribution is -0.139. The number of ether oxygens (including phenoxy) is 14. The van der Waals surface area contributed by atoms with Crippen LogP contribution in [0.2, 0.25) is 115 Å². The van der Waals surface area contributed by atoms with Gasteiger partial charge in [-0.3, -0.25) is 0 Å². The molecule has 0 aromatic carbocycles. The van der Waals surface area contributed by atoms with Crippen molar-refractivity contribution in [1.29, 1.82) is 0 Å². The SMILES string of the molecule is C=C(C)C(=O)OCCNC(=O)OCCOCCC[Si](C)(C)O[Si](C)(C)CCCOCCOC(=O)NC1CC(C)(C)CC(C)(CNC(=O)OCCOCCC[Si](C)(C)O[Si](C)(C)CCCOCCOC(=O)NCC2(C)CC(NC(=O)OCCOCCC[Si](C)(C)O[Si](C)(C)CCCOCCOC(=O)NCCOC(=O)C(=C)C)CC(C)(C)C2)C1. The number of hydrogen-bond donors (Lipinski definition) is 6. The fourth-order valence-corrected chi connectivity index (χ4v) is 42.1. The predicted octanol–water partition coefficient (Wildman–Crippen LogP) is 14.5. The second-order valence-corrected chi connectivity index (χ2v) is 63.7. The van der Waals surface area contributed by atoms with Crippen LogP contribution in [0.5, 0.6) is 0 Å². The third kappa shape index (κ3) is 56.3. The fraction of sp³-hybridized carbons (Fsp3) is 0.850. The Hall–Kier alpha value is -5.02. The topological polar surface area (TPSA) is 366 Å². The number of carbonyl (C=O) groups excluding carboxylic acids is 8. The van der Waals surface area contributed by atoms with Gasteiger partial charge in [0.05, 0.1) is 52.7 Å². The summed E-state index contributed by atoms with van der Waals surface area (Å²) in [6.45, 7) is 56.7. The van der Waals surface area contributed by atoms with Gasteiger partial charge in [0.2, 0.25) is 0 Å². The zero-order valence-electron chi connectivity index (χ0n) is 75.5. The molecule has 0 aromatic rings. The molecule has 2 aliphatic carbocycles. The average molecular weight is 1770 g/mol. The van der Waals surface area contributed by atoms with Crippen molar-refractivity contribution in [2.45, 2.75) is 259 Å². The van der Waals surface area contributed by atoms with Gasteiger partial charge in [-0.2, -0.15) is 0 Å². The van der Waals surface area contributed by atoms with Gasteiger partial charge in [-0.05, 0) is 227 Å². The van der Waals surface area contributed by atoms with Crippen LogP contribution >= 0.6 is 0 Å². The van der Waals surface area contributed by atoms with Gasteiger partial charge in [0.1, 0.15) is 52.9 Å². The van der Waals surface area contributed by atoms with Gasteiger partial charge in [0, 0.05) is 76.0 Å². The highest BCUT2D eigenvalue weighted by atomic mass is 28.4. The van der Waals surface area contributed by atoms with Crippen LogP contribution in [0, 0.1) is 21.7 Å². The highest BCUT2D eigenvalue weighted by Crippen LogP contribution is 2.47. The van der Waals surface area contributed by atoms with Gasteiger partial charge < -0.3 is 111 Å².